The predicted octanol–water partition coefficient (Wildman–Crippen LogP) is 4.38. The summed E-state index contributed by atoms with van der Waals surface area (Å²) in [5, 5.41) is 5.29. The maximum Gasteiger partial charge on any atom is 0.280 e. The highest BCUT2D eigenvalue weighted by molar-refractivity contribution is 5.90. The third kappa shape index (κ3) is 2.78. The smallest absolute Gasteiger partial charge is 0.280 e. The Morgan fingerprint density at radius 3 is 2.48 bits per heavy atom. The SMILES string of the molecule is Cc1[nH]n(-c2cccc3ccccc23)c(=O)c1C=Nc1ccccc1. The number of aryl methyl sites for hydroxylation is 1. The van der Waals surface area contributed by atoms with Gasteiger partial charge < -0.3 is 0 Å². The van der Waals surface area contributed by atoms with Crippen LogP contribution < -0.4 is 5.56 Å². The zero-order valence-corrected chi connectivity index (χ0v) is 13.8. The Morgan fingerprint density at radius 2 is 1.64 bits per heavy atom. The molecule has 0 fully saturated rings. The van der Waals surface area contributed by atoms with Crippen LogP contribution in [0.1, 0.15) is 11.3 Å². The molecule has 4 rings (SSSR count). The fourth-order valence-corrected chi connectivity index (χ4v) is 2.94. The molecule has 0 unspecified atom stereocenters. The van der Waals surface area contributed by atoms with E-state index in [1.807, 2.05) is 79.7 Å². The maximum absolute atomic E-state index is 12.9. The summed E-state index contributed by atoms with van der Waals surface area (Å²) in [5.74, 6) is 0. The summed E-state index contributed by atoms with van der Waals surface area (Å²) in [6.45, 7) is 1.88. The number of hydrogen-bond acceptors (Lipinski definition) is 2. The Bertz CT molecular complexity index is 1120. The first-order valence-corrected chi connectivity index (χ1v) is 8.13. The molecule has 3 aromatic carbocycles. The van der Waals surface area contributed by atoms with Gasteiger partial charge in [-0.15, -0.1) is 0 Å². The van der Waals surface area contributed by atoms with Crippen LogP contribution in [0.4, 0.5) is 5.69 Å². The normalized spacial score (nSPS) is 11.4. The Morgan fingerprint density at radius 1 is 0.920 bits per heavy atom. The van der Waals surface area contributed by atoms with Crippen LogP contribution in [0.25, 0.3) is 16.5 Å². The number of H-pyrrole nitrogens is 1. The van der Waals surface area contributed by atoms with Crippen molar-refractivity contribution in [2.75, 3.05) is 0 Å². The molecular formula is C21H17N3O. The van der Waals surface area contributed by atoms with E-state index in [-0.39, 0.29) is 5.56 Å². The molecule has 0 spiro atoms. The summed E-state index contributed by atoms with van der Waals surface area (Å²) in [6, 6.07) is 23.6. The van der Waals surface area contributed by atoms with Crippen LogP contribution in [0.2, 0.25) is 0 Å². The molecule has 1 heterocycles. The molecule has 1 N–H and O–H groups in total. The van der Waals surface area contributed by atoms with E-state index in [1.54, 1.807) is 10.9 Å². The molecular weight excluding hydrogens is 310 g/mol. The average Bonchev–Trinajstić information content (AvgIpc) is 2.94. The van der Waals surface area contributed by atoms with E-state index in [9.17, 15) is 4.79 Å². The first kappa shape index (κ1) is 15.1. The summed E-state index contributed by atoms with van der Waals surface area (Å²) in [7, 11) is 0. The standard InChI is InChI=1S/C21H17N3O/c1-15-19(14-22-17-10-3-2-4-11-17)21(25)24(23-15)20-13-7-9-16-8-5-6-12-18(16)20/h2-14,23H,1H3. The number of fused-ring (bicyclic) bond motifs is 1. The highest BCUT2D eigenvalue weighted by atomic mass is 16.1. The molecule has 0 atom stereocenters. The van der Waals surface area contributed by atoms with Crippen molar-refractivity contribution >= 4 is 22.7 Å². The molecule has 0 amide bonds. The van der Waals surface area contributed by atoms with Crippen LogP contribution in [0, 0.1) is 6.92 Å². The lowest BCUT2D eigenvalue weighted by Crippen LogP contribution is -2.17. The van der Waals surface area contributed by atoms with E-state index in [1.165, 1.54) is 0 Å². The minimum Gasteiger partial charge on any atom is -0.295 e. The van der Waals surface area contributed by atoms with Crippen LogP contribution in [0.5, 0.6) is 0 Å². The predicted molar refractivity (Wildman–Crippen MR) is 102 cm³/mol. The number of aliphatic imine (C=N–C) groups is 1. The lowest BCUT2D eigenvalue weighted by atomic mass is 10.1. The third-order valence-corrected chi connectivity index (χ3v) is 4.22. The zero-order chi connectivity index (χ0) is 17.2. The van der Waals surface area contributed by atoms with Crippen LogP contribution >= 0.6 is 0 Å². The molecule has 4 heteroatoms. The van der Waals surface area contributed by atoms with Crippen molar-refractivity contribution in [3.63, 3.8) is 0 Å². The van der Waals surface area contributed by atoms with Crippen molar-refractivity contribution in [2.45, 2.75) is 6.92 Å². The van der Waals surface area contributed by atoms with Gasteiger partial charge in [0, 0.05) is 17.3 Å². The fourth-order valence-electron chi connectivity index (χ4n) is 2.94. The molecule has 0 aliphatic heterocycles. The van der Waals surface area contributed by atoms with E-state index >= 15 is 0 Å². The molecule has 0 aliphatic rings. The minimum atomic E-state index is -0.103. The van der Waals surface area contributed by atoms with Gasteiger partial charge in [0.2, 0.25) is 0 Å². The quantitative estimate of drug-likeness (QED) is 0.558. The highest BCUT2D eigenvalue weighted by Gasteiger charge is 2.12. The second kappa shape index (κ2) is 6.24. The molecule has 0 radical (unpaired) electrons. The third-order valence-electron chi connectivity index (χ3n) is 4.22. The van der Waals surface area contributed by atoms with Crippen molar-refractivity contribution in [3.8, 4) is 5.69 Å². The van der Waals surface area contributed by atoms with Crippen LogP contribution in [0.3, 0.4) is 0 Å². The number of para-hydroxylation sites is 1. The van der Waals surface area contributed by atoms with Crippen molar-refractivity contribution in [1.82, 2.24) is 9.78 Å². The van der Waals surface area contributed by atoms with Gasteiger partial charge in [0.05, 0.1) is 16.9 Å². The van der Waals surface area contributed by atoms with Crippen molar-refractivity contribution in [2.24, 2.45) is 4.99 Å². The summed E-state index contributed by atoms with van der Waals surface area (Å²) >= 11 is 0. The number of aromatic amines is 1. The van der Waals surface area contributed by atoms with E-state index < -0.39 is 0 Å². The Hall–Kier alpha value is -3.40. The van der Waals surface area contributed by atoms with Gasteiger partial charge >= 0.3 is 0 Å². The lowest BCUT2D eigenvalue weighted by molar-refractivity contribution is 0.841. The minimum absolute atomic E-state index is 0.103. The Labute approximate surface area is 145 Å². The largest absolute Gasteiger partial charge is 0.295 e. The van der Waals surface area contributed by atoms with Gasteiger partial charge in [-0.25, -0.2) is 4.68 Å². The topological polar surface area (TPSA) is 50.1 Å². The zero-order valence-electron chi connectivity index (χ0n) is 13.8. The molecule has 4 aromatic rings. The molecule has 0 bridgehead atoms. The van der Waals surface area contributed by atoms with Gasteiger partial charge in [0.1, 0.15) is 0 Å². The molecule has 1 aromatic heterocycles. The number of hydrogen-bond donors (Lipinski definition) is 1. The van der Waals surface area contributed by atoms with Gasteiger partial charge in [-0.3, -0.25) is 14.9 Å². The summed E-state index contributed by atoms with van der Waals surface area (Å²) in [4.78, 5) is 17.3. The van der Waals surface area contributed by atoms with E-state index in [2.05, 4.69) is 10.1 Å². The van der Waals surface area contributed by atoms with Gasteiger partial charge in [-0.1, -0.05) is 54.6 Å². The average molecular weight is 327 g/mol. The van der Waals surface area contributed by atoms with E-state index in [0.717, 1.165) is 27.8 Å². The number of rotatable bonds is 3. The molecule has 0 aliphatic carbocycles. The fraction of sp³-hybridized carbons (Fsp3) is 0.0476. The number of nitrogens with one attached hydrogen (secondary N) is 1. The van der Waals surface area contributed by atoms with Crippen molar-refractivity contribution in [3.05, 3.63) is 94.4 Å². The summed E-state index contributed by atoms with van der Waals surface area (Å²) in [6.07, 6.45) is 1.63. The highest BCUT2D eigenvalue weighted by Crippen LogP contribution is 2.21. The van der Waals surface area contributed by atoms with E-state index in [0.29, 0.717) is 5.56 Å². The summed E-state index contributed by atoms with van der Waals surface area (Å²) < 4.78 is 1.59. The summed E-state index contributed by atoms with van der Waals surface area (Å²) in [5.41, 5.74) is 2.91. The number of nitrogens with zero attached hydrogens (tertiary/aromatic N) is 2. The number of benzene rings is 3. The first-order valence-electron chi connectivity index (χ1n) is 8.13. The Kier molecular flexibility index (Phi) is 3.78. The van der Waals surface area contributed by atoms with E-state index in [4.69, 9.17) is 0 Å². The molecule has 25 heavy (non-hydrogen) atoms. The van der Waals surface area contributed by atoms with Gasteiger partial charge in [0.15, 0.2) is 0 Å². The van der Waals surface area contributed by atoms with Crippen LogP contribution in [-0.2, 0) is 0 Å². The van der Waals surface area contributed by atoms with Gasteiger partial charge in [0.25, 0.3) is 5.56 Å². The van der Waals surface area contributed by atoms with Gasteiger partial charge in [-0.05, 0) is 30.5 Å². The lowest BCUT2D eigenvalue weighted by Gasteiger charge is -2.06. The second-order valence-corrected chi connectivity index (χ2v) is 5.88. The Balaban J connectivity index is 1.83. The van der Waals surface area contributed by atoms with Gasteiger partial charge in [-0.2, -0.15) is 0 Å². The number of aromatic nitrogens is 2. The maximum atomic E-state index is 12.9. The molecule has 122 valence electrons. The molecule has 4 nitrogen and oxygen atoms in total. The van der Waals surface area contributed by atoms with Crippen LogP contribution in [0.15, 0.2) is 82.6 Å². The first-order chi connectivity index (χ1) is 12.2. The van der Waals surface area contributed by atoms with Crippen LogP contribution in [-0.4, -0.2) is 16.0 Å². The van der Waals surface area contributed by atoms with Crippen molar-refractivity contribution < 1.29 is 0 Å². The molecule has 0 saturated heterocycles. The monoisotopic (exact) mass is 327 g/mol. The molecule has 0 saturated carbocycles. The van der Waals surface area contributed by atoms with Crippen molar-refractivity contribution in [1.29, 1.82) is 0 Å². The second-order valence-electron chi connectivity index (χ2n) is 5.88.